The molecule has 0 fully saturated rings. The second-order valence-corrected chi connectivity index (χ2v) is 9.44. The third kappa shape index (κ3) is 5.56. The monoisotopic (exact) mass is 607 g/mol. The van der Waals surface area contributed by atoms with Crippen LogP contribution in [0.4, 0.5) is 0 Å². The van der Waals surface area contributed by atoms with E-state index in [2.05, 4.69) is 40.6 Å². The summed E-state index contributed by atoms with van der Waals surface area (Å²) in [6.45, 7) is 4.84. The van der Waals surface area contributed by atoms with Crippen molar-refractivity contribution < 1.29 is 19.0 Å². The fraction of sp³-hybridized carbons (Fsp3) is 0.154. The second kappa shape index (κ2) is 10.8. The highest BCUT2D eigenvalue weighted by Crippen LogP contribution is 2.36. The Hall–Kier alpha value is -2.55. The van der Waals surface area contributed by atoms with Gasteiger partial charge in [0.15, 0.2) is 17.2 Å². The number of carbonyl (C=O) groups is 1. The van der Waals surface area contributed by atoms with Crippen LogP contribution in [-0.4, -0.2) is 18.5 Å². The van der Waals surface area contributed by atoms with Gasteiger partial charge in [0.1, 0.15) is 6.61 Å². The lowest BCUT2D eigenvalue weighted by atomic mass is 10.1. The van der Waals surface area contributed by atoms with E-state index in [0.29, 0.717) is 40.3 Å². The quantitative estimate of drug-likeness (QED) is 0.162. The van der Waals surface area contributed by atoms with Gasteiger partial charge in [-0.25, -0.2) is 9.79 Å². The average Bonchev–Trinajstić information content (AvgIpc) is 3.16. The molecule has 0 spiro atoms. The Kier molecular flexibility index (Phi) is 7.80. The van der Waals surface area contributed by atoms with E-state index in [-0.39, 0.29) is 11.6 Å². The Morgan fingerprint density at radius 1 is 1.09 bits per heavy atom. The third-order valence-corrected chi connectivity index (χ3v) is 6.41. The zero-order valence-electron chi connectivity index (χ0n) is 18.4. The lowest BCUT2D eigenvalue weighted by Gasteiger charge is -2.15. The number of hydrogen-bond donors (Lipinski definition) is 0. The van der Waals surface area contributed by atoms with Gasteiger partial charge in [-0.15, -0.1) is 0 Å². The molecular formula is C26H20Cl2INO4. The molecule has 0 radical (unpaired) electrons. The molecule has 0 unspecified atom stereocenters. The number of esters is 1. The first-order valence-corrected chi connectivity index (χ1v) is 12.3. The molecule has 1 aliphatic heterocycles. The van der Waals surface area contributed by atoms with Gasteiger partial charge in [0.2, 0.25) is 5.90 Å². The van der Waals surface area contributed by atoms with Crippen molar-refractivity contribution in [3.8, 4) is 11.5 Å². The van der Waals surface area contributed by atoms with Crippen molar-refractivity contribution in [2.24, 2.45) is 4.99 Å². The average molecular weight is 608 g/mol. The number of hydrogen-bond acceptors (Lipinski definition) is 5. The van der Waals surface area contributed by atoms with Gasteiger partial charge in [0, 0.05) is 5.02 Å². The highest BCUT2D eigenvalue weighted by Gasteiger charge is 2.26. The molecule has 0 atom stereocenters. The summed E-state index contributed by atoms with van der Waals surface area (Å²) in [6.07, 6.45) is 1.64. The van der Waals surface area contributed by atoms with Crippen molar-refractivity contribution in [1.82, 2.24) is 0 Å². The predicted octanol–water partition coefficient (Wildman–Crippen LogP) is 7.23. The smallest absolute Gasteiger partial charge is 0.363 e. The molecule has 3 aromatic rings. The Morgan fingerprint density at radius 3 is 2.65 bits per heavy atom. The molecule has 8 heteroatoms. The maximum Gasteiger partial charge on any atom is 0.363 e. The number of halogens is 3. The highest BCUT2D eigenvalue weighted by atomic mass is 127. The van der Waals surface area contributed by atoms with E-state index in [0.717, 1.165) is 20.3 Å². The summed E-state index contributed by atoms with van der Waals surface area (Å²) >= 11 is 14.5. The molecule has 0 aliphatic carbocycles. The molecule has 1 heterocycles. The van der Waals surface area contributed by atoms with Crippen LogP contribution in [-0.2, 0) is 16.1 Å². The van der Waals surface area contributed by atoms with Crippen LogP contribution < -0.4 is 9.47 Å². The molecule has 34 heavy (non-hydrogen) atoms. The summed E-state index contributed by atoms with van der Waals surface area (Å²) in [4.78, 5) is 16.8. The predicted molar refractivity (Wildman–Crippen MR) is 143 cm³/mol. The van der Waals surface area contributed by atoms with E-state index in [4.69, 9.17) is 37.4 Å². The highest BCUT2D eigenvalue weighted by molar-refractivity contribution is 14.1. The van der Waals surface area contributed by atoms with Gasteiger partial charge in [-0.05, 0) is 89.5 Å². The number of cyclic esters (lactones) is 1. The molecule has 0 bridgehead atoms. The fourth-order valence-corrected chi connectivity index (χ4v) is 4.49. The van der Waals surface area contributed by atoms with Crippen LogP contribution in [0, 0.1) is 10.5 Å². The minimum absolute atomic E-state index is 0.113. The van der Waals surface area contributed by atoms with Crippen LogP contribution >= 0.6 is 45.8 Å². The summed E-state index contributed by atoms with van der Waals surface area (Å²) in [5.74, 6) is 0.778. The lowest BCUT2D eigenvalue weighted by Crippen LogP contribution is -2.06. The summed E-state index contributed by atoms with van der Waals surface area (Å²) in [5, 5.41) is 0.855. The van der Waals surface area contributed by atoms with E-state index in [1.54, 1.807) is 24.3 Å². The molecule has 1 aliphatic rings. The number of benzene rings is 3. The van der Waals surface area contributed by atoms with Gasteiger partial charge in [0.05, 0.1) is 20.8 Å². The van der Waals surface area contributed by atoms with Gasteiger partial charge in [0.25, 0.3) is 0 Å². The number of rotatable bonds is 7. The first kappa shape index (κ1) is 24.6. The Bertz CT molecular complexity index is 1320. The number of ether oxygens (including phenoxy) is 3. The van der Waals surface area contributed by atoms with Crippen LogP contribution in [0.5, 0.6) is 11.5 Å². The number of aliphatic imine (C=N–C) groups is 1. The molecule has 5 nitrogen and oxygen atoms in total. The normalized spacial score (nSPS) is 14.2. The van der Waals surface area contributed by atoms with Gasteiger partial charge >= 0.3 is 5.97 Å². The van der Waals surface area contributed by atoms with Gasteiger partial charge in [-0.2, -0.15) is 0 Å². The Labute approximate surface area is 221 Å². The summed E-state index contributed by atoms with van der Waals surface area (Å²) < 4.78 is 18.2. The van der Waals surface area contributed by atoms with Gasteiger partial charge in [-0.1, -0.05) is 47.5 Å². The van der Waals surface area contributed by atoms with Crippen molar-refractivity contribution >= 4 is 63.7 Å². The number of carbonyl (C=O) groups excluding carboxylic acids is 1. The van der Waals surface area contributed by atoms with Crippen LogP contribution in [0.15, 0.2) is 65.3 Å². The van der Waals surface area contributed by atoms with Crippen LogP contribution in [0.2, 0.25) is 10.0 Å². The Balaban J connectivity index is 1.64. The summed E-state index contributed by atoms with van der Waals surface area (Å²) in [7, 11) is 0. The first-order chi connectivity index (χ1) is 16.4. The first-order valence-electron chi connectivity index (χ1n) is 10.5. The number of aryl methyl sites for hydroxylation is 1. The van der Waals surface area contributed by atoms with E-state index < -0.39 is 5.97 Å². The summed E-state index contributed by atoms with van der Waals surface area (Å²) in [6, 6.07) is 16.7. The van der Waals surface area contributed by atoms with Crippen LogP contribution in [0.1, 0.15) is 29.2 Å². The molecule has 3 aromatic carbocycles. The van der Waals surface area contributed by atoms with Crippen LogP contribution in [0.3, 0.4) is 0 Å². The van der Waals surface area contributed by atoms with Crippen molar-refractivity contribution in [2.75, 3.05) is 6.61 Å². The van der Waals surface area contributed by atoms with E-state index >= 15 is 0 Å². The minimum atomic E-state index is -0.570. The largest absolute Gasteiger partial charge is 0.490 e. The molecule has 4 rings (SSSR count). The van der Waals surface area contributed by atoms with Crippen molar-refractivity contribution in [1.29, 1.82) is 0 Å². The molecule has 0 saturated carbocycles. The van der Waals surface area contributed by atoms with Crippen LogP contribution in [0.25, 0.3) is 6.08 Å². The molecule has 0 saturated heterocycles. The van der Waals surface area contributed by atoms with Crippen molar-refractivity contribution in [3.05, 3.63) is 96.2 Å². The fourth-order valence-electron chi connectivity index (χ4n) is 3.34. The zero-order chi connectivity index (χ0) is 24.2. The maximum atomic E-state index is 12.5. The third-order valence-electron chi connectivity index (χ3n) is 5.05. The standard InChI is InChI=1S/C26H20Cl2INO4/c1-3-32-23-12-16(10-21(29)24(23)33-14-17-7-5-4-6-15(17)2)11-22-26(31)34-25(30-22)19-13-18(27)8-9-20(19)28/h4-13H,3,14H2,1-2H3/b22-11-. The second-order valence-electron chi connectivity index (χ2n) is 7.44. The molecule has 174 valence electrons. The maximum absolute atomic E-state index is 12.5. The van der Waals surface area contributed by atoms with Crippen molar-refractivity contribution in [3.63, 3.8) is 0 Å². The topological polar surface area (TPSA) is 57.1 Å². The van der Waals surface area contributed by atoms with Crippen molar-refractivity contribution in [2.45, 2.75) is 20.5 Å². The molecule has 0 amide bonds. The van der Waals surface area contributed by atoms with E-state index in [1.807, 2.05) is 37.3 Å². The SMILES string of the molecule is CCOc1cc(/C=C2\N=C(c3cc(Cl)ccc3Cl)OC2=O)cc(I)c1OCc1ccccc1C. The van der Waals surface area contributed by atoms with E-state index in [9.17, 15) is 4.79 Å². The van der Waals surface area contributed by atoms with Gasteiger partial charge < -0.3 is 14.2 Å². The number of nitrogens with zero attached hydrogens (tertiary/aromatic N) is 1. The lowest BCUT2D eigenvalue weighted by molar-refractivity contribution is -0.129. The van der Waals surface area contributed by atoms with E-state index in [1.165, 1.54) is 0 Å². The summed E-state index contributed by atoms with van der Waals surface area (Å²) in [5.41, 5.74) is 3.59. The molecule has 0 N–H and O–H groups in total. The van der Waals surface area contributed by atoms with Gasteiger partial charge in [-0.3, -0.25) is 0 Å². The minimum Gasteiger partial charge on any atom is -0.490 e. The molecular weight excluding hydrogens is 588 g/mol. The molecule has 0 aromatic heterocycles. The Morgan fingerprint density at radius 2 is 1.88 bits per heavy atom. The zero-order valence-corrected chi connectivity index (χ0v) is 22.1.